The van der Waals surface area contributed by atoms with Gasteiger partial charge in [-0.2, -0.15) is 0 Å². The Morgan fingerprint density at radius 2 is 2.04 bits per heavy atom. The largest absolute Gasteiger partial charge is 0.306 e. The fourth-order valence-electron chi connectivity index (χ4n) is 2.55. The van der Waals surface area contributed by atoms with Gasteiger partial charge in [-0.25, -0.2) is 9.97 Å². The van der Waals surface area contributed by atoms with Crippen LogP contribution in [0.2, 0.25) is 5.02 Å². The fourth-order valence-corrected chi connectivity index (χ4v) is 2.66. The minimum absolute atomic E-state index is 0.303. The van der Waals surface area contributed by atoms with Crippen molar-refractivity contribution in [2.45, 2.75) is 12.8 Å². The van der Waals surface area contributed by atoms with Crippen LogP contribution in [0.3, 0.4) is 0 Å². The van der Waals surface area contributed by atoms with E-state index in [-0.39, 0.29) is 5.91 Å². The van der Waals surface area contributed by atoms with Crippen molar-refractivity contribution in [1.29, 1.82) is 0 Å². The molecule has 3 rings (SSSR count). The Balaban J connectivity index is 1.70. The zero-order valence-electron chi connectivity index (χ0n) is 13.5. The Bertz CT molecular complexity index is 748. The zero-order chi connectivity index (χ0) is 16.9. The van der Waals surface area contributed by atoms with Gasteiger partial charge in [0.05, 0.1) is 10.7 Å². The lowest BCUT2D eigenvalue weighted by atomic mass is 10.0. The summed E-state index contributed by atoms with van der Waals surface area (Å²) in [6.45, 7) is 2.15. The van der Waals surface area contributed by atoms with Crippen molar-refractivity contribution in [1.82, 2.24) is 14.9 Å². The molecular formula is C18H19ClN4O. The number of hydrogen-bond donors (Lipinski definition) is 1. The molecule has 0 radical (unpaired) electrons. The average Bonchev–Trinajstić information content (AvgIpc) is 2.58. The first kappa shape index (κ1) is 16.6. The van der Waals surface area contributed by atoms with Gasteiger partial charge in [-0.15, -0.1) is 0 Å². The molecule has 0 aliphatic carbocycles. The van der Waals surface area contributed by atoms with Gasteiger partial charge in [0.1, 0.15) is 11.5 Å². The van der Waals surface area contributed by atoms with Crippen LogP contribution in [0, 0.1) is 0 Å². The Morgan fingerprint density at radius 3 is 2.75 bits per heavy atom. The molecule has 6 heteroatoms. The molecule has 1 N–H and O–H groups in total. The smallest absolute Gasteiger partial charge is 0.275 e. The quantitative estimate of drug-likeness (QED) is 0.927. The van der Waals surface area contributed by atoms with E-state index in [4.69, 9.17) is 11.6 Å². The number of nitrogens with zero attached hydrogens (tertiary/aromatic N) is 3. The molecule has 0 spiro atoms. The molecule has 124 valence electrons. The topological polar surface area (TPSA) is 58.1 Å². The van der Waals surface area contributed by atoms with Crippen molar-refractivity contribution in [3.8, 4) is 0 Å². The Hall–Kier alpha value is -2.24. The summed E-state index contributed by atoms with van der Waals surface area (Å²) in [5.41, 5.74) is 2.56. The highest BCUT2D eigenvalue weighted by atomic mass is 35.5. The van der Waals surface area contributed by atoms with E-state index in [1.807, 2.05) is 12.1 Å². The Labute approximate surface area is 146 Å². The van der Waals surface area contributed by atoms with Gasteiger partial charge < -0.3 is 10.2 Å². The van der Waals surface area contributed by atoms with E-state index in [2.05, 4.69) is 33.3 Å². The summed E-state index contributed by atoms with van der Waals surface area (Å²) in [5, 5.41) is 3.27. The number of anilines is 1. The van der Waals surface area contributed by atoms with E-state index in [1.165, 1.54) is 11.8 Å². The Kier molecular flexibility index (Phi) is 5.23. The summed E-state index contributed by atoms with van der Waals surface area (Å²) in [4.78, 5) is 23.0. The minimum Gasteiger partial charge on any atom is -0.306 e. The van der Waals surface area contributed by atoms with Crippen LogP contribution in [0.15, 0.2) is 42.1 Å². The second-order valence-corrected chi connectivity index (χ2v) is 6.31. The van der Waals surface area contributed by atoms with Crippen LogP contribution in [0.1, 0.15) is 29.0 Å². The van der Waals surface area contributed by atoms with E-state index in [0.717, 1.165) is 31.6 Å². The number of amides is 1. The predicted molar refractivity (Wildman–Crippen MR) is 96.1 cm³/mol. The van der Waals surface area contributed by atoms with Gasteiger partial charge in [0, 0.05) is 19.3 Å². The first-order chi connectivity index (χ1) is 11.6. The third-order valence-electron chi connectivity index (χ3n) is 3.95. The molecular weight excluding hydrogens is 324 g/mol. The molecule has 1 saturated heterocycles. The molecule has 1 amide bonds. The Morgan fingerprint density at radius 1 is 1.25 bits per heavy atom. The van der Waals surface area contributed by atoms with Gasteiger partial charge in [0.2, 0.25) is 0 Å². The number of halogens is 1. The normalized spacial score (nSPS) is 15.2. The van der Waals surface area contributed by atoms with Crippen LogP contribution in [-0.2, 0) is 0 Å². The van der Waals surface area contributed by atoms with E-state index >= 15 is 0 Å². The van der Waals surface area contributed by atoms with Crippen LogP contribution in [0.5, 0.6) is 0 Å². The summed E-state index contributed by atoms with van der Waals surface area (Å²) >= 11 is 5.78. The SMILES string of the molecule is CN1CCC(=Cc2cccc(NC(=O)c3ccc(Cl)cn3)n2)CC1. The molecule has 0 unspecified atom stereocenters. The maximum atomic E-state index is 12.2. The van der Waals surface area contributed by atoms with Crippen molar-refractivity contribution < 1.29 is 4.79 Å². The maximum absolute atomic E-state index is 12.2. The number of pyridine rings is 2. The fraction of sp³-hybridized carbons (Fsp3) is 0.278. The standard InChI is InChI=1S/C18H19ClN4O/c1-23-9-7-13(8-10-23)11-15-3-2-4-17(21-15)22-18(24)16-6-5-14(19)12-20-16/h2-6,11-12H,7-10H2,1H3,(H,21,22,24). The lowest BCUT2D eigenvalue weighted by molar-refractivity contribution is 0.102. The van der Waals surface area contributed by atoms with E-state index < -0.39 is 0 Å². The summed E-state index contributed by atoms with van der Waals surface area (Å²) in [5.74, 6) is 0.210. The highest BCUT2D eigenvalue weighted by Gasteiger charge is 2.11. The molecule has 2 aromatic heterocycles. The summed E-state index contributed by atoms with van der Waals surface area (Å²) in [7, 11) is 2.13. The summed E-state index contributed by atoms with van der Waals surface area (Å²) < 4.78 is 0. The van der Waals surface area contributed by atoms with Gasteiger partial charge in [-0.05, 0) is 50.2 Å². The summed E-state index contributed by atoms with van der Waals surface area (Å²) in [6, 6.07) is 8.82. The molecule has 1 aliphatic rings. The van der Waals surface area contributed by atoms with Crippen molar-refractivity contribution in [3.63, 3.8) is 0 Å². The number of likely N-dealkylation sites (tertiary alicyclic amines) is 1. The first-order valence-corrected chi connectivity index (χ1v) is 8.26. The molecule has 24 heavy (non-hydrogen) atoms. The van der Waals surface area contributed by atoms with E-state index in [1.54, 1.807) is 18.2 Å². The second kappa shape index (κ2) is 7.55. The van der Waals surface area contributed by atoms with Gasteiger partial charge in [-0.3, -0.25) is 4.79 Å². The number of rotatable bonds is 3. The zero-order valence-corrected chi connectivity index (χ0v) is 14.3. The molecule has 0 saturated carbocycles. The van der Waals surface area contributed by atoms with E-state index in [0.29, 0.717) is 16.5 Å². The second-order valence-electron chi connectivity index (χ2n) is 5.87. The lowest BCUT2D eigenvalue weighted by Gasteiger charge is -2.23. The number of carbonyl (C=O) groups is 1. The average molecular weight is 343 g/mol. The number of hydrogen-bond acceptors (Lipinski definition) is 4. The monoisotopic (exact) mass is 342 g/mol. The van der Waals surface area contributed by atoms with Gasteiger partial charge in [-0.1, -0.05) is 23.2 Å². The third-order valence-corrected chi connectivity index (χ3v) is 4.18. The molecule has 0 atom stereocenters. The van der Waals surface area contributed by atoms with Crippen LogP contribution in [0.4, 0.5) is 5.82 Å². The molecule has 1 aliphatic heterocycles. The van der Waals surface area contributed by atoms with Crippen LogP contribution in [-0.4, -0.2) is 40.9 Å². The van der Waals surface area contributed by atoms with Gasteiger partial charge in [0.25, 0.3) is 5.91 Å². The van der Waals surface area contributed by atoms with Crippen molar-refractivity contribution in [2.24, 2.45) is 0 Å². The number of piperidine rings is 1. The molecule has 0 bridgehead atoms. The van der Waals surface area contributed by atoms with Gasteiger partial charge >= 0.3 is 0 Å². The van der Waals surface area contributed by atoms with Crippen molar-refractivity contribution in [2.75, 3.05) is 25.5 Å². The van der Waals surface area contributed by atoms with Crippen LogP contribution < -0.4 is 5.32 Å². The molecule has 5 nitrogen and oxygen atoms in total. The molecule has 0 aromatic carbocycles. The van der Waals surface area contributed by atoms with E-state index in [9.17, 15) is 4.79 Å². The van der Waals surface area contributed by atoms with Crippen LogP contribution in [0.25, 0.3) is 6.08 Å². The first-order valence-electron chi connectivity index (χ1n) is 7.88. The third kappa shape index (κ3) is 4.40. The lowest BCUT2D eigenvalue weighted by Crippen LogP contribution is -2.26. The minimum atomic E-state index is -0.303. The molecule has 3 heterocycles. The summed E-state index contributed by atoms with van der Waals surface area (Å²) in [6.07, 6.45) is 5.68. The van der Waals surface area contributed by atoms with Gasteiger partial charge in [0.15, 0.2) is 0 Å². The van der Waals surface area contributed by atoms with Crippen molar-refractivity contribution >= 4 is 29.4 Å². The highest BCUT2D eigenvalue weighted by molar-refractivity contribution is 6.30. The number of nitrogens with one attached hydrogen (secondary N) is 1. The van der Waals surface area contributed by atoms with Crippen molar-refractivity contribution in [3.05, 3.63) is 58.5 Å². The number of carbonyl (C=O) groups excluding carboxylic acids is 1. The number of aromatic nitrogens is 2. The highest BCUT2D eigenvalue weighted by Crippen LogP contribution is 2.18. The predicted octanol–water partition coefficient (Wildman–Crippen LogP) is 3.49. The van der Waals surface area contributed by atoms with Crippen LogP contribution >= 0.6 is 11.6 Å². The maximum Gasteiger partial charge on any atom is 0.275 e. The molecule has 2 aromatic rings. The molecule has 1 fully saturated rings.